The van der Waals surface area contributed by atoms with E-state index in [1.54, 1.807) is 18.2 Å². The molecule has 0 bridgehead atoms. The first-order chi connectivity index (χ1) is 11.6. The van der Waals surface area contributed by atoms with E-state index in [0.29, 0.717) is 30.3 Å². The molecule has 0 aliphatic rings. The molecule has 0 saturated carbocycles. The third-order valence-electron chi connectivity index (χ3n) is 3.22. The molecular weight excluding hydrogens is 327 g/mol. The van der Waals surface area contributed by atoms with E-state index in [2.05, 4.69) is 9.47 Å². The number of rotatable bonds is 8. The average molecular weight is 348 g/mol. The lowest BCUT2D eigenvalue weighted by atomic mass is 10.2. The van der Waals surface area contributed by atoms with Crippen LogP contribution >= 0.6 is 9.47 Å². The molecule has 0 fully saturated rings. The standard InChI is InChI=1S/C18H21O5P/c1-13(11-22-24)23-17-9-15(18(19)20-2)8-16(10-17)21-12-14-6-4-3-5-7-14/h3-10,13H,11-12,24H2,1-2H3/t13-/m0/s1. The Kier molecular flexibility index (Phi) is 7.04. The molecule has 2 aromatic rings. The molecule has 0 aliphatic heterocycles. The Morgan fingerprint density at radius 1 is 1.12 bits per heavy atom. The predicted octanol–water partition coefficient (Wildman–Crippen LogP) is 3.63. The van der Waals surface area contributed by atoms with Crippen LogP contribution in [0.5, 0.6) is 11.5 Å². The lowest BCUT2D eigenvalue weighted by Crippen LogP contribution is -2.17. The van der Waals surface area contributed by atoms with Gasteiger partial charge in [-0.05, 0) is 24.6 Å². The summed E-state index contributed by atoms with van der Waals surface area (Å²) in [5.74, 6) is 0.617. The molecular formula is C18H21O5P. The third kappa shape index (κ3) is 5.52. The zero-order valence-corrected chi connectivity index (χ0v) is 14.9. The van der Waals surface area contributed by atoms with E-state index in [-0.39, 0.29) is 6.10 Å². The minimum atomic E-state index is -0.444. The van der Waals surface area contributed by atoms with Crippen LogP contribution in [-0.4, -0.2) is 25.8 Å². The number of hydrogen-bond acceptors (Lipinski definition) is 5. The summed E-state index contributed by atoms with van der Waals surface area (Å²) in [6.07, 6.45) is -0.169. The normalized spacial score (nSPS) is 11.6. The van der Waals surface area contributed by atoms with Gasteiger partial charge in [0.15, 0.2) is 0 Å². The molecule has 0 aliphatic carbocycles. The Bertz CT molecular complexity index is 660. The summed E-state index contributed by atoms with van der Waals surface area (Å²) in [7, 11) is 3.52. The molecule has 0 N–H and O–H groups in total. The van der Waals surface area contributed by atoms with Gasteiger partial charge >= 0.3 is 5.97 Å². The van der Waals surface area contributed by atoms with Gasteiger partial charge in [-0.1, -0.05) is 30.3 Å². The van der Waals surface area contributed by atoms with Crippen LogP contribution < -0.4 is 9.47 Å². The second-order valence-electron chi connectivity index (χ2n) is 5.22. The molecule has 0 saturated heterocycles. The Hall–Kier alpha value is -2.10. The number of carbonyl (C=O) groups is 1. The van der Waals surface area contributed by atoms with Crippen molar-refractivity contribution in [3.05, 3.63) is 59.7 Å². The van der Waals surface area contributed by atoms with Gasteiger partial charge in [0.25, 0.3) is 0 Å². The minimum Gasteiger partial charge on any atom is -0.489 e. The fraction of sp³-hybridized carbons (Fsp3) is 0.278. The molecule has 24 heavy (non-hydrogen) atoms. The van der Waals surface area contributed by atoms with Crippen LogP contribution in [0.25, 0.3) is 0 Å². The molecule has 2 aromatic carbocycles. The Labute approximate surface area is 144 Å². The molecule has 0 radical (unpaired) electrons. The molecule has 2 rings (SSSR count). The van der Waals surface area contributed by atoms with Crippen molar-refractivity contribution in [1.29, 1.82) is 0 Å². The van der Waals surface area contributed by atoms with Gasteiger partial charge in [-0.2, -0.15) is 0 Å². The van der Waals surface area contributed by atoms with E-state index in [4.69, 9.17) is 18.7 Å². The lowest BCUT2D eigenvalue weighted by molar-refractivity contribution is 0.0599. The highest BCUT2D eigenvalue weighted by Crippen LogP contribution is 2.25. The zero-order valence-electron chi connectivity index (χ0n) is 13.7. The van der Waals surface area contributed by atoms with Crippen LogP contribution in [0.1, 0.15) is 22.8 Å². The molecule has 2 atom stereocenters. The quantitative estimate of drug-likeness (QED) is 0.539. The Balaban J connectivity index is 2.17. The topological polar surface area (TPSA) is 54.0 Å². The maximum atomic E-state index is 11.8. The molecule has 1 unspecified atom stereocenters. The van der Waals surface area contributed by atoms with E-state index in [1.165, 1.54) is 7.11 Å². The number of ether oxygens (including phenoxy) is 3. The minimum absolute atomic E-state index is 0.169. The van der Waals surface area contributed by atoms with E-state index >= 15 is 0 Å². The highest BCUT2D eigenvalue weighted by atomic mass is 31.0. The number of carbonyl (C=O) groups excluding carboxylic acids is 1. The van der Waals surface area contributed by atoms with Gasteiger partial charge in [0.05, 0.1) is 19.3 Å². The van der Waals surface area contributed by atoms with Crippen molar-refractivity contribution in [2.45, 2.75) is 19.6 Å². The first-order valence-electron chi connectivity index (χ1n) is 7.51. The molecule has 5 nitrogen and oxygen atoms in total. The van der Waals surface area contributed by atoms with Crippen LogP contribution in [0.3, 0.4) is 0 Å². The van der Waals surface area contributed by atoms with Crippen molar-refractivity contribution in [2.24, 2.45) is 0 Å². The number of hydrogen-bond donors (Lipinski definition) is 0. The molecule has 0 amide bonds. The van der Waals surface area contributed by atoms with E-state index in [0.717, 1.165) is 5.56 Å². The molecule has 6 heteroatoms. The Morgan fingerprint density at radius 2 is 1.83 bits per heavy atom. The summed E-state index contributed by atoms with van der Waals surface area (Å²) < 4.78 is 21.3. The van der Waals surface area contributed by atoms with Crippen molar-refractivity contribution in [1.82, 2.24) is 0 Å². The fourth-order valence-corrected chi connectivity index (χ4v) is 2.37. The summed E-state index contributed by atoms with van der Waals surface area (Å²) in [5, 5.41) is 0. The van der Waals surface area contributed by atoms with Gasteiger partial charge < -0.3 is 18.7 Å². The van der Waals surface area contributed by atoms with Gasteiger partial charge in [0.2, 0.25) is 0 Å². The van der Waals surface area contributed by atoms with Crippen molar-refractivity contribution < 1.29 is 23.5 Å². The van der Waals surface area contributed by atoms with Crippen molar-refractivity contribution >= 4 is 15.4 Å². The van der Waals surface area contributed by atoms with Crippen LogP contribution in [0.2, 0.25) is 0 Å². The van der Waals surface area contributed by atoms with Crippen molar-refractivity contribution in [3.8, 4) is 11.5 Å². The van der Waals surface area contributed by atoms with Gasteiger partial charge in [-0.3, -0.25) is 0 Å². The number of benzene rings is 2. The van der Waals surface area contributed by atoms with Crippen molar-refractivity contribution in [3.63, 3.8) is 0 Å². The van der Waals surface area contributed by atoms with Gasteiger partial charge in [-0.25, -0.2) is 4.79 Å². The smallest absolute Gasteiger partial charge is 0.338 e. The second kappa shape index (κ2) is 9.26. The van der Waals surface area contributed by atoms with E-state index < -0.39 is 5.97 Å². The van der Waals surface area contributed by atoms with Crippen LogP contribution in [-0.2, 0) is 15.9 Å². The SMILES string of the molecule is COC(=O)c1cc(OCc2ccccc2)cc(O[C@@H](C)COP)c1. The fourth-order valence-electron chi connectivity index (χ4n) is 2.10. The lowest BCUT2D eigenvalue weighted by Gasteiger charge is -2.16. The molecule has 0 spiro atoms. The first-order valence-corrected chi connectivity index (χ1v) is 7.98. The monoisotopic (exact) mass is 348 g/mol. The van der Waals surface area contributed by atoms with E-state index in [9.17, 15) is 4.79 Å². The van der Waals surface area contributed by atoms with Crippen LogP contribution in [0.15, 0.2) is 48.5 Å². The maximum Gasteiger partial charge on any atom is 0.338 e. The third-order valence-corrected chi connectivity index (χ3v) is 3.41. The maximum absolute atomic E-state index is 11.8. The van der Waals surface area contributed by atoms with E-state index in [1.807, 2.05) is 37.3 Å². The molecule has 0 heterocycles. The summed E-state index contributed by atoms with van der Waals surface area (Å²) >= 11 is 0. The predicted molar refractivity (Wildman–Crippen MR) is 94.3 cm³/mol. The largest absolute Gasteiger partial charge is 0.489 e. The summed E-state index contributed by atoms with van der Waals surface area (Å²) in [6.45, 7) is 2.68. The molecule has 128 valence electrons. The molecule has 0 aromatic heterocycles. The van der Waals surface area contributed by atoms with Gasteiger partial charge in [0.1, 0.15) is 24.2 Å². The summed E-state index contributed by atoms with van der Waals surface area (Å²) in [6, 6.07) is 14.8. The first kappa shape index (κ1) is 18.2. The highest BCUT2D eigenvalue weighted by Gasteiger charge is 2.12. The van der Waals surface area contributed by atoms with Gasteiger partial charge in [0, 0.05) is 15.5 Å². The van der Waals surface area contributed by atoms with Crippen LogP contribution in [0.4, 0.5) is 0 Å². The van der Waals surface area contributed by atoms with Gasteiger partial charge in [-0.15, -0.1) is 0 Å². The highest BCUT2D eigenvalue weighted by molar-refractivity contribution is 7.09. The Morgan fingerprint density at radius 3 is 2.50 bits per heavy atom. The van der Waals surface area contributed by atoms with Crippen LogP contribution in [0, 0.1) is 0 Å². The summed E-state index contributed by atoms with van der Waals surface area (Å²) in [4.78, 5) is 11.8. The number of methoxy groups -OCH3 is 1. The second-order valence-corrected chi connectivity index (χ2v) is 5.55. The average Bonchev–Trinajstić information content (AvgIpc) is 2.60. The summed E-state index contributed by atoms with van der Waals surface area (Å²) in [5.41, 5.74) is 1.41. The zero-order chi connectivity index (χ0) is 17.4. The van der Waals surface area contributed by atoms with Crippen molar-refractivity contribution in [2.75, 3.05) is 13.7 Å². The number of esters is 1.